The number of ether oxygens (including phenoxy) is 1. The minimum Gasteiger partial charge on any atom is -0.468 e. The molecule has 2 bridgehead atoms. The molecular weight excluding hydrogens is 378 g/mol. The number of fused-ring (bicyclic) bond motifs is 4. The van der Waals surface area contributed by atoms with E-state index in [9.17, 15) is 9.59 Å². The lowest BCUT2D eigenvalue weighted by molar-refractivity contribution is -0.145. The number of piperidine rings is 1. The molecule has 2 heterocycles. The average Bonchev–Trinajstić information content (AvgIpc) is 2.70. The number of rotatable bonds is 5. The lowest BCUT2D eigenvalue weighted by Crippen LogP contribution is -2.62. The highest BCUT2D eigenvalue weighted by Crippen LogP contribution is 2.46. The van der Waals surface area contributed by atoms with Crippen LogP contribution in [0, 0.1) is 12.8 Å². The Labute approximate surface area is 177 Å². The molecule has 2 aromatic carbocycles. The summed E-state index contributed by atoms with van der Waals surface area (Å²) in [7, 11) is 0. The van der Waals surface area contributed by atoms with Gasteiger partial charge in [0.15, 0.2) is 5.72 Å². The second-order valence-electron chi connectivity index (χ2n) is 8.31. The Morgan fingerprint density at radius 1 is 1.23 bits per heavy atom. The Hall–Kier alpha value is -3.02. The fraction of sp³-hybridized carbons (Fsp3) is 0.417. The number of benzene rings is 2. The lowest BCUT2D eigenvalue weighted by Gasteiger charge is -2.46. The van der Waals surface area contributed by atoms with Crippen LogP contribution >= 0.6 is 0 Å². The molecule has 0 aliphatic carbocycles. The van der Waals surface area contributed by atoms with Gasteiger partial charge >= 0.3 is 0 Å². The number of hydrogen-bond donors (Lipinski definition) is 2. The second-order valence-corrected chi connectivity index (χ2v) is 8.31. The van der Waals surface area contributed by atoms with Gasteiger partial charge in [0.25, 0.3) is 0 Å². The number of amides is 2. The van der Waals surface area contributed by atoms with Crippen molar-refractivity contribution < 1.29 is 14.3 Å². The van der Waals surface area contributed by atoms with Gasteiger partial charge in [0.05, 0.1) is 0 Å². The van der Waals surface area contributed by atoms with E-state index < -0.39 is 11.6 Å². The van der Waals surface area contributed by atoms with E-state index in [0.29, 0.717) is 6.42 Å². The molecule has 6 nitrogen and oxygen atoms in total. The standard InChI is InChI=1S/C24H29N3O3/c1-5-27(6-2)16-11-12-19(15(3)13-16)25-22(28)21-18-14-24(4,26-23(21)29)30-20-10-8-7-9-17(18)20/h7-13,18,21H,5-6,14H2,1-4H3,(H,25,28)(H,26,29)/t18-,21-,24+/m0/s1. The first kappa shape index (κ1) is 20.3. The number of carbonyl (C=O) groups excluding carboxylic acids is 2. The van der Waals surface area contributed by atoms with E-state index in [2.05, 4.69) is 35.4 Å². The van der Waals surface area contributed by atoms with E-state index in [-0.39, 0.29) is 17.7 Å². The van der Waals surface area contributed by atoms with Crippen molar-refractivity contribution in [2.24, 2.45) is 5.92 Å². The number of para-hydroxylation sites is 1. The molecule has 0 radical (unpaired) electrons. The lowest BCUT2D eigenvalue weighted by atomic mass is 9.74. The van der Waals surface area contributed by atoms with Crippen LogP contribution in [0.15, 0.2) is 42.5 Å². The Balaban J connectivity index is 1.60. The van der Waals surface area contributed by atoms with Gasteiger partial charge in [-0.05, 0) is 63.1 Å². The van der Waals surface area contributed by atoms with Crippen molar-refractivity contribution in [3.8, 4) is 5.75 Å². The normalized spacial score (nSPS) is 24.3. The first-order valence-electron chi connectivity index (χ1n) is 10.6. The molecule has 3 atom stereocenters. The molecule has 1 fully saturated rings. The number of aryl methyl sites for hydroxylation is 1. The summed E-state index contributed by atoms with van der Waals surface area (Å²) >= 11 is 0. The first-order valence-corrected chi connectivity index (χ1v) is 10.6. The molecule has 158 valence electrons. The molecule has 2 aliphatic heterocycles. The molecule has 2 amide bonds. The quantitative estimate of drug-likeness (QED) is 0.740. The smallest absolute Gasteiger partial charge is 0.237 e. The minimum absolute atomic E-state index is 0.219. The number of hydrogen-bond acceptors (Lipinski definition) is 4. The highest BCUT2D eigenvalue weighted by molar-refractivity contribution is 6.08. The highest BCUT2D eigenvalue weighted by atomic mass is 16.5. The molecule has 0 saturated carbocycles. The second kappa shape index (κ2) is 7.67. The van der Waals surface area contributed by atoms with Crippen molar-refractivity contribution in [3.63, 3.8) is 0 Å². The molecule has 6 heteroatoms. The van der Waals surface area contributed by atoms with Crippen molar-refractivity contribution in [3.05, 3.63) is 53.6 Å². The van der Waals surface area contributed by atoms with Crippen LogP contribution in [0.2, 0.25) is 0 Å². The van der Waals surface area contributed by atoms with Crippen molar-refractivity contribution in [1.82, 2.24) is 5.32 Å². The number of nitrogens with zero attached hydrogens (tertiary/aromatic N) is 1. The molecule has 0 unspecified atom stereocenters. The third-order valence-electron chi connectivity index (χ3n) is 6.21. The number of anilines is 2. The zero-order valence-electron chi connectivity index (χ0n) is 18.0. The Kier molecular flexibility index (Phi) is 5.18. The summed E-state index contributed by atoms with van der Waals surface area (Å²) < 4.78 is 6.01. The summed E-state index contributed by atoms with van der Waals surface area (Å²) in [5, 5.41) is 5.91. The molecule has 4 rings (SSSR count). The average molecular weight is 408 g/mol. The summed E-state index contributed by atoms with van der Waals surface area (Å²) in [4.78, 5) is 28.4. The van der Waals surface area contributed by atoms with E-state index >= 15 is 0 Å². The molecule has 30 heavy (non-hydrogen) atoms. The maximum absolute atomic E-state index is 13.3. The van der Waals surface area contributed by atoms with Gasteiger partial charge in [-0.3, -0.25) is 9.59 Å². The van der Waals surface area contributed by atoms with Crippen molar-refractivity contribution in [2.75, 3.05) is 23.3 Å². The zero-order valence-corrected chi connectivity index (χ0v) is 18.0. The number of nitrogens with one attached hydrogen (secondary N) is 2. The fourth-order valence-electron chi connectivity index (χ4n) is 4.67. The SMILES string of the molecule is CCN(CC)c1ccc(NC(=O)[C@H]2C(=O)N[C@@]3(C)C[C@H]2c2ccccc2O3)c(C)c1. The summed E-state index contributed by atoms with van der Waals surface area (Å²) in [6.07, 6.45) is 0.563. The van der Waals surface area contributed by atoms with E-state index in [1.807, 2.05) is 50.2 Å². The Morgan fingerprint density at radius 3 is 2.67 bits per heavy atom. The van der Waals surface area contributed by atoms with Crippen LogP contribution in [-0.2, 0) is 9.59 Å². The molecule has 2 aromatic rings. The maximum Gasteiger partial charge on any atom is 0.237 e. The monoisotopic (exact) mass is 407 g/mol. The molecule has 2 aliphatic rings. The largest absolute Gasteiger partial charge is 0.468 e. The molecular formula is C24H29N3O3. The first-order chi connectivity index (χ1) is 14.3. The summed E-state index contributed by atoms with van der Waals surface area (Å²) in [6, 6.07) is 13.7. The maximum atomic E-state index is 13.3. The van der Waals surface area contributed by atoms with Crippen LogP contribution in [0.5, 0.6) is 5.75 Å². The van der Waals surface area contributed by atoms with Gasteiger partial charge in [0.2, 0.25) is 11.8 Å². The van der Waals surface area contributed by atoms with Crippen LogP contribution in [0.25, 0.3) is 0 Å². The zero-order chi connectivity index (χ0) is 21.5. The van der Waals surface area contributed by atoms with Crippen molar-refractivity contribution in [2.45, 2.75) is 45.8 Å². The van der Waals surface area contributed by atoms with Gasteiger partial charge in [-0.2, -0.15) is 0 Å². The van der Waals surface area contributed by atoms with E-state index in [1.54, 1.807) is 0 Å². The van der Waals surface area contributed by atoms with E-state index in [0.717, 1.165) is 41.3 Å². The van der Waals surface area contributed by atoms with Gasteiger partial charge in [-0.25, -0.2) is 0 Å². The van der Waals surface area contributed by atoms with Gasteiger partial charge < -0.3 is 20.3 Å². The number of carbonyl (C=O) groups is 2. The fourth-order valence-corrected chi connectivity index (χ4v) is 4.67. The third-order valence-corrected chi connectivity index (χ3v) is 6.21. The van der Waals surface area contributed by atoms with Crippen molar-refractivity contribution in [1.29, 1.82) is 0 Å². The summed E-state index contributed by atoms with van der Waals surface area (Å²) in [5.41, 5.74) is 2.96. The van der Waals surface area contributed by atoms with Crippen LogP contribution in [0.4, 0.5) is 11.4 Å². The molecule has 1 saturated heterocycles. The van der Waals surface area contributed by atoms with Gasteiger partial charge in [-0.15, -0.1) is 0 Å². The van der Waals surface area contributed by atoms with Gasteiger partial charge in [0.1, 0.15) is 11.7 Å². The van der Waals surface area contributed by atoms with E-state index in [4.69, 9.17) is 4.74 Å². The molecule has 0 spiro atoms. The van der Waals surface area contributed by atoms with Crippen molar-refractivity contribution >= 4 is 23.2 Å². The Morgan fingerprint density at radius 2 is 1.97 bits per heavy atom. The van der Waals surface area contributed by atoms with Gasteiger partial charge in [0, 0.05) is 36.8 Å². The summed E-state index contributed by atoms with van der Waals surface area (Å²) in [6.45, 7) is 9.92. The van der Waals surface area contributed by atoms with Crippen LogP contribution in [0.1, 0.15) is 44.2 Å². The summed E-state index contributed by atoms with van der Waals surface area (Å²) in [5.74, 6) is -0.865. The van der Waals surface area contributed by atoms with E-state index in [1.165, 1.54) is 0 Å². The predicted octanol–water partition coefficient (Wildman–Crippen LogP) is 3.81. The van der Waals surface area contributed by atoms with Gasteiger partial charge in [-0.1, -0.05) is 18.2 Å². The third kappa shape index (κ3) is 3.51. The topological polar surface area (TPSA) is 70.7 Å². The highest BCUT2D eigenvalue weighted by Gasteiger charge is 2.51. The predicted molar refractivity (Wildman–Crippen MR) is 118 cm³/mol. The minimum atomic E-state index is -0.801. The molecule has 0 aromatic heterocycles. The van der Waals surface area contributed by atoms with Crippen LogP contribution in [-0.4, -0.2) is 30.6 Å². The molecule has 2 N–H and O–H groups in total. The van der Waals surface area contributed by atoms with Crippen LogP contribution in [0.3, 0.4) is 0 Å². The van der Waals surface area contributed by atoms with Crippen LogP contribution < -0.4 is 20.3 Å². The Bertz CT molecular complexity index is 985.